The van der Waals surface area contributed by atoms with Gasteiger partial charge in [-0.15, -0.1) is 0 Å². The molecule has 132 valence electrons. The van der Waals surface area contributed by atoms with E-state index in [2.05, 4.69) is 10.3 Å². The Bertz CT molecular complexity index is 986. The Morgan fingerprint density at radius 2 is 1.85 bits per heavy atom. The molecule has 0 bridgehead atoms. The van der Waals surface area contributed by atoms with Crippen LogP contribution in [0, 0.1) is 0 Å². The van der Waals surface area contributed by atoms with Gasteiger partial charge in [-0.05, 0) is 30.3 Å². The van der Waals surface area contributed by atoms with Crippen LogP contribution in [0.3, 0.4) is 0 Å². The van der Waals surface area contributed by atoms with Gasteiger partial charge in [-0.1, -0.05) is 41.4 Å². The smallest absolute Gasteiger partial charge is 0.244 e. The third-order valence-corrected chi connectivity index (χ3v) is 4.53. The summed E-state index contributed by atoms with van der Waals surface area (Å²) < 4.78 is 0. The van der Waals surface area contributed by atoms with Gasteiger partial charge in [0.1, 0.15) is 6.54 Å². The van der Waals surface area contributed by atoms with E-state index in [9.17, 15) is 9.59 Å². The number of nitrogens with one attached hydrogen (secondary N) is 1. The molecule has 0 fully saturated rings. The van der Waals surface area contributed by atoms with Crippen molar-refractivity contribution in [2.45, 2.75) is 6.92 Å². The summed E-state index contributed by atoms with van der Waals surface area (Å²) in [6.45, 7) is 1.26. The summed E-state index contributed by atoms with van der Waals surface area (Å²) in [5, 5.41) is 4.35. The van der Waals surface area contributed by atoms with E-state index in [1.165, 1.54) is 11.8 Å². The Balaban J connectivity index is 1.85. The van der Waals surface area contributed by atoms with E-state index in [1.807, 2.05) is 24.3 Å². The molecule has 0 atom stereocenters. The number of anilines is 2. The molecule has 0 saturated carbocycles. The number of aromatic nitrogens is 1. The van der Waals surface area contributed by atoms with Gasteiger partial charge in [0.15, 0.2) is 0 Å². The van der Waals surface area contributed by atoms with Crippen molar-refractivity contribution in [2.24, 2.45) is 0 Å². The van der Waals surface area contributed by atoms with Crippen molar-refractivity contribution >= 4 is 57.3 Å². The molecule has 0 aliphatic rings. The van der Waals surface area contributed by atoms with Gasteiger partial charge in [0.25, 0.3) is 0 Å². The van der Waals surface area contributed by atoms with Crippen LogP contribution in [0.4, 0.5) is 11.4 Å². The van der Waals surface area contributed by atoms with Gasteiger partial charge in [-0.2, -0.15) is 0 Å². The summed E-state index contributed by atoms with van der Waals surface area (Å²) in [4.78, 5) is 30.3. The fourth-order valence-corrected chi connectivity index (χ4v) is 2.89. The lowest BCUT2D eigenvalue weighted by molar-refractivity contribution is -0.120. The van der Waals surface area contributed by atoms with E-state index in [1.54, 1.807) is 30.5 Å². The van der Waals surface area contributed by atoms with Gasteiger partial charge in [-0.3, -0.25) is 14.6 Å². The second-order valence-corrected chi connectivity index (χ2v) is 6.45. The normalized spacial score (nSPS) is 10.6. The SMILES string of the molecule is CC(=O)N(CC(=O)Nc1ccc(Cl)c(Cl)c1)c1cccc2cccnc12. The number of carbonyl (C=O) groups is 2. The highest BCUT2D eigenvalue weighted by Crippen LogP contribution is 2.26. The number of hydrogen-bond donors (Lipinski definition) is 1. The van der Waals surface area contributed by atoms with Gasteiger partial charge >= 0.3 is 0 Å². The van der Waals surface area contributed by atoms with E-state index in [-0.39, 0.29) is 18.4 Å². The molecule has 1 heterocycles. The van der Waals surface area contributed by atoms with Crippen LogP contribution in [0.25, 0.3) is 10.9 Å². The monoisotopic (exact) mass is 387 g/mol. The fourth-order valence-electron chi connectivity index (χ4n) is 2.59. The van der Waals surface area contributed by atoms with Crippen LogP contribution in [0.5, 0.6) is 0 Å². The van der Waals surface area contributed by atoms with Crippen LogP contribution in [0.15, 0.2) is 54.7 Å². The molecule has 0 radical (unpaired) electrons. The first-order valence-corrected chi connectivity index (χ1v) is 8.58. The van der Waals surface area contributed by atoms with Gasteiger partial charge < -0.3 is 10.2 Å². The molecular formula is C19H15Cl2N3O2. The minimum absolute atomic E-state index is 0.148. The Labute approximate surface area is 160 Å². The summed E-state index contributed by atoms with van der Waals surface area (Å²) in [5.41, 5.74) is 1.75. The molecule has 0 unspecified atom stereocenters. The lowest BCUT2D eigenvalue weighted by Gasteiger charge is -2.22. The average molecular weight is 388 g/mol. The highest BCUT2D eigenvalue weighted by molar-refractivity contribution is 6.42. The highest BCUT2D eigenvalue weighted by Gasteiger charge is 2.18. The Hall–Kier alpha value is -2.63. The van der Waals surface area contributed by atoms with Gasteiger partial charge in [0.2, 0.25) is 11.8 Å². The van der Waals surface area contributed by atoms with Crippen molar-refractivity contribution in [3.63, 3.8) is 0 Å². The molecule has 26 heavy (non-hydrogen) atoms. The molecule has 2 amide bonds. The molecule has 5 nitrogen and oxygen atoms in total. The number of rotatable bonds is 4. The summed E-state index contributed by atoms with van der Waals surface area (Å²) in [6.07, 6.45) is 1.65. The van der Waals surface area contributed by atoms with Crippen LogP contribution in [-0.2, 0) is 9.59 Å². The van der Waals surface area contributed by atoms with Crippen molar-refractivity contribution in [2.75, 3.05) is 16.8 Å². The molecule has 2 aromatic carbocycles. The van der Waals surface area contributed by atoms with Gasteiger partial charge in [0.05, 0.1) is 21.2 Å². The predicted molar refractivity (Wildman–Crippen MR) is 105 cm³/mol. The van der Waals surface area contributed by atoms with E-state index in [4.69, 9.17) is 23.2 Å². The lowest BCUT2D eigenvalue weighted by Crippen LogP contribution is -2.36. The molecule has 0 spiro atoms. The summed E-state index contributed by atoms with van der Waals surface area (Å²) in [6, 6.07) is 14.0. The Morgan fingerprint density at radius 1 is 1.08 bits per heavy atom. The summed E-state index contributed by atoms with van der Waals surface area (Å²) in [5.74, 6) is -0.612. The zero-order valence-corrected chi connectivity index (χ0v) is 15.4. The molecule has 0 saturated heterocycles. The first-order valence-electron chi connectivity index (χ1n) is 7.82. The summed E-state index contributed by atoms with van der Waals surface area (Å²) >= 11 is 11.8. The maximum atomic E-state index is 12.4. The van der Waals surface area contributed by atoms with Crippen LogP contribution in [-0.4, -0.2) is 23.3 Å². The first kappa shape index (κ1) is 18.2. The maximum absolute atomic E-state index is 12.4. The number of nitrogens with zero attached hydrogens (tertiary/aromatic N) is 2. The van der Waals surface area contributed by atoms with Crippen LogP contribution >= 0.6 is 23.2 Å². The van der Waals surface area contributed by atoms with Crippen LogP contribution < -0.4 is 10.2 Å². The second-order valence-electron chi connectivity index (χ2n) is 5.63. The quantitative estimate of drug-likeness (QED) is 0.714. The number of para-hydroxylation sites is 1. The minimum Gasteiger partial charge on any atom is -0.324 e. The largest absolute Gasteiger partial charge is 0.324 e. The Morgan fingerprint density at radius 3 is 2.58 bits per heavy atom. The van der Waals surface area contributed by atoms with Crippen LogP contribution in [0.2, 0.25) is 10.0 Å². The standard InChI is InChI=1S/C19H15Cl2N3O2/c1-12(25)24(17-6-2-4-13-5-3-9-22-19(13)17)11-18(26)23-14-7-8-15(20)16(21)10-14/h2-10H,11H2,1H3,(H,23,26). The van der Waals surface area contributed by atoms with Crippen molar-refractivity contribution in [3.05, 3.63) is 64.8 Å². The van der Waals surface area contributed by atoms with Crippen molar-refractivity contribution in [3.8, 4) is 0 Å². The molecule has 7 heteroatoms. The molecule has 0 aliphatic heterocycles. The van der Waals surface area contributed by atoms with Crippen LogP contribution in [0.1, 0.15) is 6.92 Å². The zero-order valence-electron chi connectivity index (χ0n) is 13.9. The van der Waals surface area contributed by atoms with Crippen molar-refractivity contribution in [1.82, 2.24) is 4.98 Å². The van der Waals surface area contributed by atoms with Gasteiger partial charge in [0, 0.05) is 24.2 Å². The topological polar surface area (TPSA) is 62.3 Å². The zero-order chi connectivity index (χ0) is 18.7. The molecule has 3 aromatic rings. The number of carbonyl (C=O) groups excluding carboxylic acids is 2. The third-order valence-electron chi connectivity index (χ3n) is 3.79. The second kappa shape index (κ2) is 7.72. The van der Waals surface area contributed by atoms with E-state index < -0.39 is 0 Å². The molecule has 0 aliphatic carbocycles. The van der Waals surface area contributed by atoms with Crippen molar-refractivity contribution in [1.29, 1.82) is 0 Å². The molecular weight excluding hydrogens is 373 g/mol. The third kappa shape index (κ3) is 3.95. The number of hydrogen-bond acceptors (Lipinski definition) is 3. The minimum atomic E-state index is -0.355. The van der Waals surface area contributed by atoms with E-state index in [0.29, 0.717) is 26.9 Å². The van der Waals surface area contributed by atoms with E-state index in [0.717, 1.165) is 5.39 Å². The molecule has 3 rings (SSSR count). The average Bonchev–Trinajstić information content (AvgIpc) is 2.62. The Kier molecular flexibility index (Phi) is 5.40. The fraction of sp³-hybridized carbons (Fsp3) is 0.105. The molecule has 1 N–H and O–H groups in total. The maximum Gasteiger partial charge on any atom is 0.244 e. The summed E-state index contributed by atoms with van der Waals surface area (Å²) in [7, 11) is 0. The van der Waals surface area contributed by atoms with E-state index >= 15 is 0 Å². The number of halogens is 2. The highest BCUT2D eigenvalue weighted by atomic mass is 35.5. The number of amides is 2. The first-order chi connectivity index (χ1) is 12.5. The number of fused-ring (bicyclic) bond motifs is 1. The molecule has 1 aromatic heterocycles. The van der Waals surface area contributed by atoms with Gasteiger partial charge in [-0.25, -0.2) is 0 Å². The van der Waals surface area contributed by atoms with Crippen molar-refractivity contribution < 1.29 is 9.59 Å². The lowest BCUT2D eigenvalue weighted by atomic mass is 10.1. The number of pyridine rings is 1. The predicted octanol–water partition coefficient (Wildman–Crippen LogP) is 4.53. The number of benzene rings is 2.